The Morgan fingerprint density at radius 1 is 0.971 bits per heavy atom. The Kier molecular flexibility index (Phi) is 6.66. The number of hydrogen-bond acceptors (Lipinski definition) is 3. The first-order valence-corrected chi connectivity index (χ1v) is 11.3. The molecular formula is C23H15Cl4F2N3O2. The third-order valence-electron chi connectivity index (χ3n) is 5.40. The van der Waals surface area contributed by atoms with E-state index >= 15 is 0 Å². The van der Waals surface area contributed by atoms with Gasteiger partial charge in [-0.1, -0.05) is 35.3 Å². The quantitative estimate of drug-likeness (QED) is 0.249. The Morgan fingerprint density at radius 3 is 2.41 bits per heavy atom. The molecule has 0 heterocycles. The lowest BCUT2D eigenvalue weighted by Gasteiger charge is -2.11. The molecule has 176 valence electrons. The second-order valence-electron chi connectivity index (χ2n) is 7.65. The average Bonchev–Trinajstić information content (AvgIpc) is 3.37. The topological polar surface area (TPSA) is 84.2 Å². The highest BCUT2D eigenvalue weighted by atomic mass is 35.5. The first-order valence-electron chi connectivity index (χ1n) is 9.79. The number of anilines is 3. The predicted molar refractivity (Wildman–Crippen MR) is 131 cm³/mol. The van der Waals surface area contributed by atoms with Crippen molar-refractivity contribution in [3.05, 3.63) is 87.4 Å². The zero-order valence-corrected chi connectivity index (χ0v) is 20.0. The maximum absolute atomic E-state index is 14.2. The molecule has 1 fully saturated rings. The van der Waals surface area contributed by atoms with Crippen LogP contribution < -0.4 is 16.4 Å². The fraction of sp³-hybridized carbons (Fsp3) is 0.130. The molecule has 2 unspecified atom stereocenters. The van der Waals surface area contributed by atoms with Gasteiger partial charge in [-0.3, -0.25) is 9.59 Å². The van der Waals surface area contributed by atoms with E-state index in [0.29, 0.717) is 5.02 Å². The molecule has 3 aromatic rings. The SMILES string of the molecule is Nc1c(F)ccc(NC(=O)c2cc(NC(=O)C3C(c4cccc(Cl)c4)C3(Cl)Cl)ccc2Cl)c1F. The number of nitrogens with two attached hydrogens (primary N) is 1. The molecule has 0 aliphatic heterocycles. The molecule has 1 saturated carbocycles. The van der Waals surface area contributed by atoms with Gasteiger partial charge in [0.25, 0.3) is 5.91 Å². The van der Waals surface area contributed by atoms with Gasteiger partial charge in [-0.15, -0.1) is 23.2 Å². The highest BCUT2D eigenvalue weighted by Crippen LogP contribution is 2.65. The second kappa shape index (κ2) is 9.23. The molecule has 0 radical (unpaired) electrons. The zero-order valence-electron chi connectivity index (χ0n) is 17.0. The van der Waals surface area contributed by atoms with Gasteiger partial charge in [0.05, 0.1) is 22.2 Å². The third-order valence-corrected chi connectivity index (χ3v) is 6.90. The summed E-state index contributed by atoms with van der Waals surface area (Å²) in [6.07, 6.45) is 0. The smallest absolute Gasteiger partial charge is 0.257 e. The average molecular weight is 545 g/mol. The normalized spacial score (nSPS) is 18.3. The molecule has 0 spiro atoms. The van der Waals surface area contributed by atoms with Crippen LogP contribution in [0.15, 0.2) is 54.6 Å². The van der Waals surface area contributed by atoms with Crippen LogP contribution in [-0.2, 0) is 4.79 Å². The highest BCUT2D eigenvalue weighted by Gasteiger charge is 2.67. The van der Waals surface area contributed by atoms with Crippen molar-refractivity contribution in [3.8, 4) is 0 Å². The van der Waals surface area contributed by atoms with Crippen molar-refractivity contribution in [2.24, 2.45) is 5.92 Å². The maximum atomic E-state index is 14.2. The van der Waals surface area contributed by atoms with E-state index in [1.54, 1.807) is 24.3 Å². The van der Waals surface area contributed by atoms with Crippen LogP contribution in [0.1, 0.15) is 21.8 Å². The van der Waals surface area contributed by atoms with Gasteiger partial charge in [-0.2, -0.15) is 0 Å². The molecule has 3 aromatic carbocycles. The summed E-state index contributed by atoms with van der Waals surface area (Å²) in [5.41, 5.74) is 5.15. The number of alkyl halides is 2. The lowest BCUT2D eigenvalue weighted by molar-refractivity contribution is -0.117. The Labute approximate surface area is 213 Å². The fourth-order valence-electron chi connectivity index (χ4n) is 3.62. The number of halogens is 6. The molecule has 0 aromatic heterocycles. The molecule has 1 aliphatic carbocycles. The van der Waals surface area contributed by atoms with Crippen LogP contribution in [0.2, 0.25) is 10.0 Å². The summed E-state index contributed by atoms with van der Waals surface area (Å²) >= 11 is 24.9. The number of carbonyl (C=O) groups excluding carboxylic acids is 2. The fourth-order valence-corrected chi connectivity index (χ4v) is 4.85. The minimum atomic E-state index is -1.33. The number of benzene rings is 3. The molecule has 2 atom stereocenters. The molecule has 5 nitrogen and oxygen atoms in total. The monoisotopic (exact) mass is 543 g/mol. The van der Waals surface area contributed by atoms with Crippen LogP contribution in [0, 0.1) is 17.6 Å². The van der Waals surface area contributed by atoms with E-state index in [0.717, 1.165) is 17.7 Å². The molecule has 34 heavy (non-hydrogen) atoms. The maximum Gasteiger partial charge on any atom is 0.257 e. The Bertz CT molecular complexity index is 1320. The second-order valence-corrected chi connectivity index (χ2v) is 9.93. The third kappa shape index (κ3) is 4.66. The van der Waals surface area contributed by atoms with Crippen LogP contribution in [0.3, 0.4) is 0 Å². The van der Waals surface area contributed by atoms with Crippen molar-refractivity contribution in [1.29, 1.82) is 0 Å². The molecule has 4 rings (SSSR count). The summed E-state index contributed by atoms with van der Waals surface area (Å²) in [6, 6.07) is 13.0. The molecule has 1 aliphatic rings. The van der Waals surface area contributed by atoms with Gasteiger partial charge in [-0.05, 0) is 48.0 Å². The summed E-state index contributed by atoms with van der Waals surface area (Å²) < 4.78 is 26.2. The Hall–Kier alpha value is -2.58. The molecule has 0 bridgehead atoms. The van der Waals surface area contributed by atoms with E-state index in [9.17, 15) is 18.4 Å². The van der Waals surface area contributed by atoms with Crippen molar-refractivity contribution >= 4 is 75.3 Å². The highest BCUT2D eigenvalue weighted by molar-refractivity contribution is 6.53. The van der Waals surface area contributed by atoms with Crippen LogP contribution >= 0.6 is 46.4 Å². The summed E-state index contributed by atoms with van der Waals surface area (Å²) in [7, 11) is 0. The lowest BCUT2D eigenvalue weighted by Crippen LogP contribution is -2.18. The predicted octanol–water partition coefficient (Wildman–Crippen LogP) is 6.63. The van der Waals surface area contributed by atoms with E-state index in [-0.39, 0.29) is 22.0 Å². The number of nitrogen functional groups attached to an aromatic ring is 1. The summed E-state index contributed by atoms with van der Waals surface area (Å²) in [5, 5.41) is 5.48. The first kappa shape index (κ1) is 24.5. The van der Waals surface area contributed by atoms with E-state index in [2.05, 4.69) is 10.6 Å². The molecule has 4 N–H and O–H groups in total. The zero-order chi connectivity index (χ0) is 24.8. The Balaban J connectivity index is 1.52. The van der Waals surface area contributed by atoms with Gasteiger partial charge >= 0.3 is 0 Å². The van der Waals surface area contributed by atoms with E-state index in [4.69, 9.17) is 52.1 Å². The van der Waals surface area contributed by atoms with Gasteiger partial charge in [0.15, 0.2) is 5.82 Å². The van der Waals surface area contributed by atoms with Gasteiger partial charge < -0.3 is 16.4 Å². The van der Waals surface area contributed by atoms with Crippen LogP contribution in [0.5, 0.6) is 0 Å². The molecule has 2 amide bonds. The van der Waals surface area contributed by atoms with Crippen molar-refractivity contribution < 1.29 is 18.4 Å². The van der Waals surface area contributed by atoms with Crippen LogP contribution in [0.25, 0.3) is 0 Å². The number of carbonyl (C=O) groups is 2. The minimum Gasteiger partial charge on any atom is -0.394 e. The summed E-state index contributed by atoms with van der Waals surface area (Å²) in [4.78, 5) is 25.6. The van der Waals surface area contributed by atoms with Crippen molar-refractivity contribution in [2.75, 3.05) is 16.4 Å². The number of amides is 2. The summed E-state index contributed by atoms with van der Waals surface area (Å²) in [5.74, 6) is -4.58. The standard InChI is InChI=1S/C23H15Cl4F2N3O2/c24-11-3-1-2-10(8-11)17-18(23(17,26)27)22(34)31-12-4-5-14(25)13(9-12)21(33)32-16-7-6-15(28)20(30)19(16)29/h1-9,17-18H,30H2,(H,31,34)(H,32,33). The van der Waals surface area contributed by atoms with Crippen molar-refractivity contribution in [2.45, 2.75) is 10.3 Å². The first-order chi connectivity index (χ1) is 16.0. The molecular weight excluding hydrogens is 530 g/mol. The van der Waals surface area contributed by atoms with Gasteiger partial charge in [0.1, 0.15) is 15.8 Å². The van der Waals surface area contributed by atoms with Crippen LogP contribution in [0.4, 0.5) is 25.8 Å². The number of hydrogen-bond donors (Lipinski definition) is 3. The molecule has 0 saturated heterocycles. The van der Waals surface area contributed by atoms with Crippen molar-refractivity contribution in [1.82, 2.24) is 0 Å². The summed E-state index contributed by atoms with van der Waals surface area (Å²) in [6.45, 7) is 0. The number of nitrogens with one attached hydrogen (secondary N) is 2. The molecule has 11 heteroatoms. The van der Waals surface area contributed by atoms with Gasteiger partial charge in [-0.25, -0.2) is 8.78 Å². The van der Waals surface area contributed by atoms with Crippen LogP contribution in [-0.4, -0.2) is 16.1 Å². The minimum absolute atomic E-state index is 0.0400. The van der Waals surface area contributed by atoms with Crippen molar-refractivity contribution in [3.63, 3.8) is 0 Å². The van der Waals surface area contributed by atoms with Gasteiger partial charge in [0.2, 0.25) is 5.91 Å². The van der Waals surface area contributed by atoms with E-state index in [1.165, 1.54) is 18.2 Å². The van der Waals surface area contributed by atoms with E-state index in [1.807, 2.05) is 0 Å². The van der Waals surface area contributed by atoms with Gasteiger partial charge in [0, 0.05) is 16.6 Å². The van der Waals surface area contributed by atoms with E-state index < -0.39 is 45.3 Å². The number of rotatable bonds is 5. The Morgan fingerprint density at radius 2 is 1.71 bits per heavy atom. The lowest BCUT2D eigenvalue weighted by atomic mass is 10.1. The largest absolute Gasteiger partial charge is 0.394 e.